The SMILES string of the molecule is c1cc2c(c(OCCc3nn[nH]n3)c1)CCCC2. The first-order chi connectivity index (χ1) is 8.93. The molecule has 0 aliphatic heterocycles. The molecule has 1 N–H and O–H groups in total. The third-order valence-corrected chi connectivity index (χ3v) is 3.33. The number of hydrogen-bond donors (Lipinski definition) is 1. The maximum Gasteiger partial charge on any atom is 0.177 e. The van der Waals surface area contributed by atoms with Gasteiger partial charge in [-0.15, -0.1) is 10.2 Å². The zero-order valence-corrected chi connectivity index (χ0v) is 10.2. The predicted molar refractivity (Wildman–Crippen MR) is 66.5 cm³/mol. The Hall–Kier alpha value is -1.91. The Balaban J connectivity index is 1.65. The van der Waals surface area contributed by atoms with E-state index in [0.717, 1.165) is 12.2 Å². The van der Waals surface area contributed by atoms with Crippen LogP contribution in [-0.4, -0.2) is 27.2 Å². The molecule has 3 rings (SSSR count). The minimum atomic E-state index is 0.593. The van der Waals surface area contributed by atoms with Crippen LogP contribution in [-0.2, 0) is 19.3 Å². The van der Waals surface area contributed by atoms with Gasteiger partial charge in [0.2, 0.25) is 0 Å². The van der Waals surface area contributed by atoms with Gasteiger partial charge >= 0.3 is 0 Å². The summed E-state index contributed by atoms with van der Waals surface area (Å²) >= 11 is 0. The molecule has 5 nitrogen and oxygen atoms in total. The normalized spacial score (nSPS) is 14.2. The van der Waals surface area contributed by atoms with Gasteiger partial charge in [-0.25, -0.2) is 0 Å². The molecule has 5 heteroatoms. The van der Waals surface area contributed by atoms with Crippen molar-refractivity contribution < 1.29 is 4.74 Å². The second kappa shape index (κ2) is 5.16. The van der Waals surface area contributed by atoms with E-state index in [-0.39, 0.29) is 0 Å². The first-order valence-electron chi connectivity index (χ1n) is 6.39. The van der Waals surface area contributed by atoms with Crippen molar-refractivity contribution in [3.8, 4) is 5.75 Å². The van der Waals surface area contributed by atoms with Gasteiger partial charge in [0.15, 0.2) is 5.82 Å². The Morgan fingerprint density at radius 3 is 3.06 bits per heavy atom. The second-order valence-electron chi connectivity index (χ2n) is 4.53. The van der Waals surface area contributed by atoms with E-state index in [1.807, 2.05) is 0 Å². The van der Waals surface area contributed by atoms with Gasteiger partial charge in [0.25, 0.3) is 0 Å². The highest BCUT2D eigenvalue weighted by atomic mass is 16.5. The van der Waals surface area contributed by atoms with E-state index in [1.165, 1.54) is 30.4 Å². The van der Waals surface area contributed by atoms with Crippen molar-refractivity contribution in [3.63, 3.8) is 0 Å². The molecule has 1 aliphatic carbocycles. The van der Waals surface area contributed by atoms with E-state index < -0.39 is 0 Å². The zero-order chi connectivity index (χ0) is 12.2. The lowest BCUT2D eigenvalue weighted by Crippen LogP contribution is -2.08. The number of nitrogens with zero attached hydrogens (tertiary/aromatic N) is 3. The number of benzene rings is 1. The smallest absolute Gasteiger partial charge is 0.177 e. The van der Waals surface area contributed by atoms with Gasteiger partial charge < -0.3 is 4.74 Å². The van der Waals surface area contributed by atoms with E-state index >= 15 is 0 Å². The van der Waals surface area contributed by atoms with Gasteiger partial charge in [0.05, 0.1) is 6.61 Å². The molecule has 0 saturated heterocycles. The highest BCUT2D eigenvalue weighted by Gasteiger charge is 2.13. The summed E-state index contributed by atoms with van der Waals surface area (Å²) in [6, 6.07) is 6.34. The zero-order valence-electron chi connectivity index (χ0n) is 10.2. The Labute approximate surface area is 106 Å². The monoisotopic (exact) mass is 244 g/mol. The van der Waals surface area contributed by atoms with Crippen LogP contribution < -0.4 is 4.74 Å². The molecule has 0 unspecified atom stereocenters. The number of aryl methyl sites for hydroxylation is 1. The quantitative estimate of drug-likeness (QED) is 0.889. The third-order valence-electron chi connectivity index (χ3n) is 3.33. The number of aromatic nitrogens is 4. The van der Waals surface area contributed by atoms with E-state index in [9.17, 15) is 0 Å². The Bertz CT molecular complexity index is 510. The van der Waals surface area contributed by atoms with Crippen LogP contribution in [0.25, 0.3) is 0 Å². The van der Waals surface area contributed by atoms with Gasteiger partial charge in [-0.1, -0.05) is 17.3 Å². The van der Waals surface area contributed by atoms with Crippen LogP contribution in [0, 0.1) is 0 Å². The molecule has 1 aliphatic rings. The molecule has 2 aromatic rings. The Kier molecular flexibility index (Phi) is 3.21. The molecule has 0 amide bonds. The lowest BCUT2D eigenvalue weighted by Gasteiger charge is -2.19. The number of tetrazole rings is 1. The minimum absolute atomic E-state index is 0.593. The molecule has 0 atom stereocenters. The standard InChI is InChI=1S/C13H16N4O/c1-2-6-11-10(4-1)5-3-7-12(11)18-9-8-13-14-16-17-15-13/h3,5,7H,1-2,4,6,8-9H2,(H,14,15,16,17). The molecular formula is C13H16N4O. The van der Waals surface area contributed by atoms with Crippen LogP contribution in [0.5, 0.6) is 5.75 Å². The van der Waals surface area contributed by atoms with Crippen molar-refractivity contribution in [2.45, 2.75) is 32.1 Å². The third kappa shape index (κ3) is 2.34. The number of fused-ring (bicyclic) bond motifs is 1. The second-order valence-corrected chi connectivity index (χ2v) is 4.53. The summed E-state index contributed by atoms with van der Waals surface area (Å²) in [6.07, 6.45) is 5.54. The topological polar surface area (TPSA) is 63.7 Å². The van der Waals surface area contributed by atoms with Crippen LogP contribution in [0.1, 0.15) is 29.8 Å². The highest BCUT2D eigenvalue weighted by molar-refractivity contribution is 5.41. The summed E-state index contributed by atoms with van der Waals surface area (Å²) in [5.74, 6) is 1.72. The van der Waals surface area contributed by atoms with E-state index in [2.05, 4.69) is 38.8 Å². The predicted octanol–water partition coefficient (Wildman–Crippen LogP) is 1.70. The fraction of sp³-hybridized carbons (Fsp3) is 0.462. The molecule has 1 aromatic heterocycles. The molecule has 0 saturated carbocycles. The lowest BCUT2D eigenvalue weighted by molar-refractivity contribution is 0.314. The number of H-pyrrole nitrogens is 1. The summed E-state index contributed by atoms with van der Waals surface area (Å²) in [4.78, 5) is 0. The van der Waals surface area contributed by atoms with E-state index in [0.29, 0.717) is 18.9 Å². The highest BCUT2D eigenvalue weighted by Crippen LogP contribution is 2.29. The number of hydrogen-bond acceptors (Lipinski definition) is 4. The first-order valence-corrected chi connectivity index (χ1v) is 6.39. The van der Waals surface area contributed by atoms with Crippen molar-refractivity contribution in [1.29, 1.82) is 0 Å². The number of rotatable bonds is 4. The maximum absolute atomic E-state index is 5.86. The summed E-state index contributed by atoms with van der Waals surface area (Å²) in [5.41, 5.74) is 2.83. The van der Waals surface area contributed by atoms with Crippen LogP contribution in [0.2, 0.25) is 0 Å². The van der Waals surface area contributed by atoms with E-state index in [1.54, 1.807) is 0 Å². The average molecular weight is 244 g/mol. The summed E-state index contributed by atoms with van der Waals surface area (Å²) in [5, 5.41) is 13.8. The van der Waals surface area contributed by atoms with Gasteiger partial charge in [0, 0.05) is 6.42 Å². The van der Waals surface area contributed by atoms with Crippen LogP contribution >= 0.6 is 0 Å². The van der Waals surface area contributed by atoms with E-state index in [4.69, 9.17) is 4.74 Å². The average Bonchev–Trinajstić information content (AvgIpc) is 2.92. The van der Waals surface area contributed by atoms with Crippen LogP contribution in [0.4, 0.5) is 0 Å². The van der Waals surface area contributed by atoms with Crippen molar-refractivity contribution in [2.75, 3.05) is 6.61 Å². The molecule has 0 bridgehead atoms. The minimum Gasteiger partial charge on any atom is -0.493 e. The van der Waals surface area contributed by atoms with Gasteiger partial charge in [-0.3, -0.25) is 0 Å². The molecule has 94 valence electrons. The maximum atomic E-state index is 5.86. The number of aromatic amines is 1. The molecular weight excluding hydrogens is 228 g/mol. The van der Waals surface area contributed by atoms with Crippen molar-refractivity contribution in [1.82, 2.24) is 20.6 Å². The molecule has 1 heterocycles. The number of ether oxygens (including phenoxy) is 1. The summed E-state index contributed by atoms with van der Waals surface area (Å²) in [7, 11) is 0. The van der Waals surface area contributed by atoms with Gasteiger partial charge in [-0.05, 0) is 42.9 Å². The fourth-order valence-corrected chi connectivity index (χ4v) is 2.42. The van der Waals surface area contributed by atoms with Crippen LogP contribution in [0.3, 0.4) is 0 Å². The van der Waals surface area contributed by atoms with Crippen molar-refractivity contribution >= 4 is 0 Å². The largest absolute Gasteiger partial charge is 0.493 e. The van der Waals surface area contributed by atoms with Crippen molar-refractivity contribution in [2.24, 2.45) is 0 Å². The molecule has 1 aromatic carbocycles. The summed E-state index contributed by atoms with van der Waals surface area (Å²) < 4.78 is 5.86. The Morgan fingerprint density at radius 2 is 2.17 bits per heavy atom. The van der Waals surface area contributed by atoms with Crippen LogP contribution in [0.15, 0.2) is 18.2 Å². The number of nitrogens with one attached hydrogen (secondary N) is 1. The first kappa shape index (κ1) is 11.2. The molecule has 0 radical (unpaired) electrons. The molecule has 0 fully saturated rings. The molecule has 18 heavy (non-hydrogen) atoms. The van der Waals surface area contributed by atoms with Gasteiger partial charge in [0.1, 0.15) is 5.75 Å². The molecule has 0 spiro atoms. The fourth-order valence-electron chi connectivity index (χ4n) is 2.42. The van der Waals surface area contributed by atoms with Crippen molar-refractivity contribution in [3.05, 3.63) is 35.2 Å². The van der Waals surface area contributed by atoms with Gasteiger partial charge in [-0.2, -0.15) is 5.21 Å². The summed E-state index contributed by atoms with van der Waals surface area (Å²) in [6.45, 7) is 0.593. The lowest BCUT2D eigenvalue weighted by atomic mass is 9.91. The Morgan fingerprint density at radius 1 is 1.22 bits per heavy atom.